The number of hydrogen-bond donors (Lipinski definition) is 1. The third-order valence-corrected chi connectivity index (χ3v) is 9.59. The predicted molar refractivity (Wildman–Crippen MR) is 170 cm³/mol. The molecule has 7 rings (SSSR count). The van der Waals surface area contributed by atoms with Gasteiger partial charge in [0.2, 0.25) is 5.88 Å². The summed E-state index contributed by atoms with van der Waals surface area (Å²) < 4.78 is 58.6. The van der Waals surface area contributed by atoms with Crippen molar-refractivity contribution in [2.45, 2.75) is 63.3 Å². The van der Waals surface area contributed by atoms with E-state index < -0.39 is 28.9 Å². The number of aromatic nitrogens is 3. The maximum absolute atomic E-state index is 17.0. The van der Waals surface area contributed by atoms with Crippen LogP contribution in [0.3, 0.4) is 0 Å². The highest BCUT2D eigenvalue weighted by atomic mass is 19.1. The van der Waals surface area contributed by atoms with Gasteiger partial charge in [-0.1, -0.05) is 30.2 Å². The van der Waals surface area contributed by atoms with Gasteiger partial charge in [0.25, 0.3) is 0 Å². The normalized spacial score (nSPS) is 24.8. The second kappa shape index (κ2) is 11.6. The highest BCUT2D eigenvalue weighted by Crippen LogP contribution is 2.43. The van der Waals surface area contributed by atoms with Gasteiger partial charge in [0.1, 0.15) is 41.0 Å². The van der Waals surface area contributed by atoms with Crippen molar-refractivity contribution in [3.05, 3.63) is 47.5 Å². The molecular formula is C35H36F3N5O3. The van der Waals surface area contributed by atoms with Crippen molar-refractivity contribution in [2.24, 2.45) is 0 Å². The second-order valence-electron chi connectivity index (χ2n) is 12.9. The van der Waals surface area contributed by atoms with Crippen LogP contribution < -0.4 is 14.4 Å². The van der Waals surface area contributed by atoms with Gasteiger partial charge in [-0.15, -0.1) is 6.42 Å². The Morgan fingerprint density at radius 2 is 1.89 bits per heavy atom. The smallest absolute Gasteiger partial charge is 0.319 e. The highest BCUT2D eigenvalue weighted by molar-refractivity contribution is 6.03. The number of aliphatic hydroxyl groups is 1. The van der Waals surface area contributed by atoms with E-state index in [1.807, 2.05) is 4.90 Å². The maximum atomic E-state index is 17.0. The van der Waals surface area contributed by atoms with E-state index in [0.717, 1.165) is 19.4 Å². The van der Waals surface area contributed by atoms with E-state index in [1.165, 1.54) is 6.07 Å². The molecule has 240 valence electrons. The number of piperidine rings is 1. The Bertz CT molecular complexity index is 1880. The Labute approximate surface area is 265 Å². The zero-order valence-corrected chi connectivity index (χ0v) is 26.0. The fraction of sp³-hybridized carbons (Fsp3) is 0.457. The molecule has 0 saturated carbocycles. The van der Waals surface area contributed by atoms with Crippen molar-refractivity contribution in [2.75, 3.05) is 44.3 Å². The molecule has 11 heteroatoms. The number of β-amino-alcohol motifs (C(OH)–C–C–N with tert-alkyl or cyclic N) is 1. The number of ether oxygens (including phenoxy) is 2. The lowest BCUT2D eigenvalue weighted by Gasteiger charge is -2.38. The van der Waals surface area contributed by atoms with Gasteiger partial charge in [-0.05, 0) is 57.5 Å². The lowest BCUT2D eigenvalue weighted by atomic mass is 9.94. The molecule has 3 atom stereocenters. The van der Waals surface area contributed by atoms with Crippen LogP contribution in [-0.4, -0.2) is 81.7 Å². The van der Waals surface area contributed by atoms with E-state index in [0.29, 0.717) is 48.9 Å². The van der Waals surface area contributed by atoms with Crippen molar-refractivity contribution >= 4 is 27.5 Å². The van der Waals surface area contributed by atoms with Gasteiger partial charge >= 0.3 is 6.01 Å². The lowest BCUT2D eigenvalue weighted by Crippen LogP contribution is -2.46. The van der Waals surface area contributed by atoms with E-state index in [-0.39, 0.29) is 59.4 Å². The molecular weight excluding hydrogens is 595 g/mol. The van der Waals surface area contributed by atoms with E-state index in [2.05, 4.69) is 20.8 Å². The zero-order chi connectivity index (χ0) is 32.2. The standard InChI is InChI=1S/C35H36F3N5O3/c1-4-23-25(37)12-11-21-9-6-10-24(26(21)23)29-28(38)30-27(32(39-29)45-5-2)31(42-15-7-13-34(3,44)19-42)41-33(40-30)46-20-35-14-8-16-43(35)18-22(36)17-35/h1,6,9-12,22,44H,5,7-8,13-20H2,2-3H3/t22-,34-,35+/m1/s1. The third kappa shape index (κ3) is 5.17. The van der Waals surface area contributed by atoms with Crippen LogP contribution in [0.2, 0.25) is 0 Å². The Hall–Kier alpha value is -4.14. The third-order valence-electron chi connectivity index (χ3n) is 9.59. The Balaban J connectivity index is 1.44. The Morgan fingerprint density at radius 3 is 2.67 bits per heavy atom. The molecule has 3 saturated heterocycles. The van der Waals surface area contributed by atoms with Crippen LogP contribution >= 0.6 is 0 Å². The van der Waals surface area contributed by atoms with Crippen molar-refractivity contribution < 1.29 is 27.8 Å². The van der Waals surface area contributed by atoms with Crippen LogP contribution in [0.15, 0.2) is 30.3 Å². The summed E-state index contributed by atoms with van der Waals surface area (Å²) in [4.78, 5) is 18.0. The molecule has 5 heterocycles. The van der Waals surface area contributed by atoms with Crippen LogP contribution in [0.5, 0.6) is 11.9 Å². The molecule has 0 unspecified atom stereocenters. The molecule has 0 amide bonds. The van der Waals surface area contributed by atoms with Crippen molar-refractivity contribution in [3.63, 3.8) is 0 Å². The molecule has 8 nitrogen and oxygen atoms in total. The Morgan fingerprint density at radius 1 is 1.07 bits per heavy atom. The highest BCUT2D eigenvalue weighted by Gasteiger charge is 2.49. The summed E-state index contributed by atoms with van der Waals surface area (Å²) in [6.45, 7) is 5.86. The number of nitrogens with zero attached hydrogens (tertiary/aromatic N) is 5. The van der Waals surface area contributed by atoms with Gasteiger partial charge in [-0.2, -0.15) is 9.97 Å². The first-order valence-corrected chi connectivity index (χ1v) is 15.8. The molecule has 4 aromatic rings. The fourth-order valence-corrected chi connectivity index (χ4v) is 7.56. The first kappa shape index (κ1) is 30.5. The summed E-state index contributed by atoms with van der Waals surface area (Å²) in [5.41, 5.74) is -1.39. The zero-order valence-electron chi connectivity index (χ0n) is 26.0. The summed E-state index contributed by atoms with van der Waals surface area (Å²) in [5, 5.41) is 12.2. The molecule has 2 aromatic heterocycles. The molecule has 3 fully saturated rings. The molecule has 0 radical (unpaired) electrons. The second-order valence-corrected chi connectivity index (χ2v) is 12.9. The average Bonchev–Trinajstić information content (AvgIpc) is 3.56. The van der Waals surface area contributed by atoms with Gasteiger partial charge in [0, 0.05) is 37.0 Å². The van der Waals surface area contributed by atoms with Crippen molar-refractivity contribution in [1.29, 1.82) is 0 Å². The van der Waals surface area contributed by atoms with Crippen molar-refractivity contribution in [1.82, 2.24) is 19.9 Å². The van der Waals surface area contributed by atoms with Gasteiger partial charge in [-0.3, -0.25) is 4.90 Å². The largest absolute Gasteiger partial charge is 0.477 e. The number of alkyl halides is 1. The topological polar surface area (TPSA) is 83.8 Å². The minimum absolute atomic E-state index is 0.00147. The summed E-state index contributed by atoms with van der Waals surface area (Å²) >= 11 is 0. The number of anilines is 1. The van der Waals surface area contributed by atoms with Crippen LogP contribution in [0, 0.1) is 24.0 Å². The van der Waals surface area contributed by atoms with E-state index >= 15 is 4.39 Å². The fourth-order valence-electron chi connectivity index (χ4n) is 7.56. The van der Waals surface area contributed by atoms with Crippen LogP contribution in [0.4, 0.5) is 19.0 Å². The molecule has 1 N–H and O–H groups in total. The SMILES string of the molecule is C#Cc1c(F)ccc2cccc(-c3nc(OCC)c4c(N5CCC[C@@](C)(O)C5)nc(OC[C@@]56CCCN5C[C@H](F)C6)nc4c3F)c12. The molecule has 2 aromatic carbocycles. The van der Waals surface area contributed by atoms with E-state index in [4.69, 9.17) is 20.9 Å². The van der Waals surface area contributed by atoms with Gasteiger partial charge in [0.15, 0.2) is 5.82 Å². The number of halogens is 3. The number of terminal acetylenes is 1. The molecule has 3 aliphatic rings. The summed E-state index contributed by atoms with van der Waals surface area (Å²) in [5.74, 6) is 1.45. The van der Waals surface area contributed by atoms with Crippen LogP contribution in [0.25, 0.3) is 32.9 Å². The van der Waals surface area contributed by atoms with Gasteiger partial charge < -0.3 is 19.5 Å². The predicted octanol–water partition coefficient (Wildman–Crippen LogP) is 5.81. The molecule has 3 aliphatic heterocycles. The first-order chi connectivity index (χ1) is 22.1. The number of hydrogen-bond acceptors (Lipinski definition) is 8. The lowest BCUT2D eigenvalue weighted by molar-refractivity contribution is 0.0447. The summed E-state index contributed by atoms with van der Waals surface area (Å²) in [7, 11) is 0. The monoisotopic (exact) mass is 631 g/mol. The quantitative estimate of drug-likeness (QED) is 0.256. The summed E-state index contributed by atoms with van der Waals surface area (Å²) in [6, 6.07) is 7.94. The van der Waals surface area contributed by atoms with E-state index in [1.54, 1.807) is 38.1 Å². The van der Waals surface area contributed by atoms with E-state index in [9.17, 15) is 13.9 Å². The average molecular weight is 632 g/mol. The number of rotatable bonds is 7. The van der Waals surface area contributed by atoms with Crippen LogP contribution in [0.1, 0.15) is 51.5 Å². The maximum Gasteiger partial charge on any atom is 0.319 e. The van der Waals surface area contributed by atoms with Crippen molar-refractivity contribution in [3.8, 4) is 35.5 Å². The number of pyridine rings is 1. The van der Waals surface area contributed by atoms with Gasteiger partial charge in [-0.25, -0.2) is 18.2 Å². The molecule has 0 aliphatic carbocycles. The molecule has 0 spiro atoms. The van der Waals surface area contributed by atoms with Gasteiger partial charge in [0.05, 0.1) is 23.3 Å². The van der Waals surface area contributed by atoms with Crippen LogP contribution in [-0.2, 0) is 0 Å². The molecule has 0 bridgehead atoms. The number of fused-ring (bicyclic) bond motifs is 3. The number of benzene rings is 2. The minimum atomic E-state index is -1.00. The summed E-state index contributed by atoms with van der Waals surface area (Å²) in [6.07, 6.45) is 8.15. The minimum Gasteiger partial charge on any atom is -0.477 e. The first-order valence-electron chi connectivity index (χ1n) is 15.8. The molecule has 46 heavy (non-hydrogen) atoms. The Kier molecular flexibility index (Phi) is 7.68.